The molecule has 0 aliphatic carbocycles. The molecule has 0 radical (unpaired) electrons. The van der Waals surface area contributed by atoms with Crippen molar-refractivity contribution in [1.29, 1.82) is 0 Å². The summed E-state index contributed by atoms with van der Waals surface area (Å²) in [6.45, 7) is 7.06. The first-order valence-electron chi connectivity index (χ1n) is 7.86. The summed E-state index contributed by atoms with van der Waals surface area (Å²) in [5, 5.41) is 10.4. The highest BCUT2D eigenvalue weighted by Crippen LogP contribution is 2.38. The third-order valence-corrected chi connectivity index (χ3v) is 4.79. The van der Waals surface area contributed by atoms with Gasteiger partial charge in [0.25, 0.3) is 0 Å². The number of aliphatic hydroxyl groups excluding tert-OH is 1. The topological polar surface area (TPSA) is 32.7 Å². The van der Waals surface area contributed by atoms with Gasteiger partial charge in [0, 0.05) is 5.56 Å². The second-order valence-corrected chi connectivity index (χ2v) is 6.27. The van der Waals surface area contributed by atoms with Gasteiger partial charge in [-0.3, -0.25) is 4.90 Å². The van der Waals surface area contributed by atoms with E-state index < -0.39 is 6.10 Å². The van der Waals surface area contributed by atoms with Crippen molar-refractivity contribution in [2.45, 2.75) is 45.3 Å². The van der Waals surface area contributed by atoms with E-state index >= 15 is 0 Å². The first kappa shape index (κ1) is 13.9. The molecular weight excluding hydrogens is 250 g/mol. The van der Waals surface area contributed by atoms with Crippen molar-refractivity contribution in [2.24, 2.45) is 5.92 Å². The molecule has 3 rings (SSSR count). The Bertz CT molecular complexity index is 466. The zero-order chi connectivity index (χ0) is 14.1. The van der Waals surface area contributed by atoms with Gasteiger partial charge in [0.15, 0.2) is 0 Å². The number of hydrogen-bond donors (Lipinski definition) is 1. The van der Waals surface area contributed by atoms with Gasteiger partial charge in [-0.25, -0.2) is 0 Å². The number of piperidine rings is 1. The van der Waals surface area contributed by atoms with Gasteiger partial charge in [-0.05, 0) is 49.9 Å². The van der Waals surface area contributed by atoms with E-state index in [0.29, 0.717) is 6.61 Å². The summed E-state index contributed by atoms with van der Waals surface area (Å²) in [5.74, 6) is 1.76. The minimum absolute atomic E-state index is 0.109. The molecule has 2 aliphatic heterocycles. The van der Waals surface area contributed by atoms with Crippen molar-refractivity contribution in [3.8, 4) is 5.75 Å². The summed E-state index contributed by atoms with van der Waals surface area (Å²) in [4.78, 5) is 2.45. The maximum absolute atomic E-state index is 10.4. The third-order valence-electron chi connectivity index (χ3n) is 4.79. The molecule has 2 unspecified atom stereocenters. The lowest BCUT2D eigenvalue weighted by molar-refractivity contribution is -0.0115. The van der Waals surface area contributed by atoms with E-state index in [2.05, 4.69) is 36.9 Å². The molecule has 0 bridgehead atoms. The first-order valence-corrected chi connectivity index (χ1v) is 7.86. The van der Waals surface area contributed by atoms with Crippen molar-refractivity contribution in [1.82, 2.24) is 4.90 Å². The molecule has 1 aromatic carbocycles. The van der Waals surface area contributed by atoms with Crippen molar-refractivity contribution in [2.75, 3.05) is 19.7 Å². The summed E-state index contributed by atoms with van der Waals surface area (Å²) < 4.78 is 5.70. The number of ether oxygens (including phenoxy) is 1. The van der Waals surface area contributed by atoms with Crippen LogP contribution in [0.5, 0.6) is 5.75 Å². The molecule has 1 fully saturated rings. The smallest absolute Gasteiger partial charge is 0.124 e. The Labute approximate surface area is 121 Å². The number of aryl methyl sites for hydroxylation is 1. The summed E-state index contributed by atoms with van der Waals surface area (Å²) in [5.41, 5.74) is 2.49. The number of rotatable bonds is 2. The number of likely N-dealkylation sites (tertiary alicyclic amines) is 1. The Morgan fingerprint density at radius 2 is 2.05 bits per heavy atom. The molecule has 2 heterocycles. The van der Waals surface area contributed by atoms with Gasteiger partial charge >= 0.3 is 0 Å². The van der Waals surface area contributed by atoms with Crippen LogP contribution in [-0.4, -0.2) is 35.8 Å². The van der Waals surface area contributed by atoms with Crippen molar-refractivity contribution < 1.29 is 9.84 Å². The standard InChI is InChI=1S/C17H25NO2/c1-3-13-4-5-16-14(10-13)17(15(19)11-20-16)18-8-6-12(2)7-9-18/h4-5,10,12,15,17,19H,3,6-9,11H2,1-2H3. The quantitative estimate of drug-likeness (QED) is 0.901. The Morgan fingerprint density at radius 1 is 1.30 bits per heavy atom. The molecule has 1 N–H and O–H groups in total. The number of fused-ring (bicyclic) bond motifs is 1. The highest BCUT2D eigenvalue weighted by atomic mass is 16.5. The van der Waals surface area contributed by atoms with Crippen molar-refractivity contribution in [3.63, 3.8) is 0 Å². The van der Waals surface area contributed by atoms with Gasteiger partial charge in [0.2, 0.25) is 0 Å². The van der Waals surface area contributed by atoms with E-state index in [0.717, 1.165) is 31.2 Å². The molecule has 1 aromatic rings. The van der Waals surface area contributed by atoms with E-state index in [1.54, 1.807) is 0 Å². The van der Waals surface area contributed by atoms with Crippen LogP contribution in [0.25, 0.3) is 0 Å². The van der Waals surface area contributed by atoms with E-state index in [9.17, 15) is 5.11 Å². The second-order valence-electron chi connectivity index (χ2n) is 6.27. The Morgan fingerprint density at radius 3 is 2.75 bits per heavy atom. The number of aliphatic hydroxyl groups is 1. The van der Waals surface area contributed by atoms with Crippen molar-refractivity contribution in [3.05, 3.63) is 29.3 Å². The van der Waals surface area contributed by atoms with Crippen LogP contribution in [0.3, 0.4) is 0 Å². The Kier molecular flexibility index (Phi) is 3.99. The fraction of sp³-hybridized carbons (Fsp3) is 0.647. The summed E-state index contributed by atoms with van der Waals surface area (Å²) >= 11 is 0. The average Bonchev–Trinajstić information content (AvgIpc) is 2.48. The maximum atomic E-state index is 10.4. The monoisotopic (exact) mass is 275 g/mol. The summed E-state index contributed by atoms with van der Waals surface area (Å²) in [6, 6.07) is 6.53. The van der Waals surface area contributed by atoms with E-state index in [-0.39, 0.29) is 6.04 Å². The zero-order valence-corrected chi connectivity index (χ0v) is 12.5. The van der Waals surface area contributed by atoms with E-state index in [1.165, 1.54) is 24.0 Å². The molecule has 0 amide bonds. The highest BCUT2D eigenvalue weighted by molar-refractivity contribution is 5.41. The van der Waals surface area contributed by atoms with Crippen LogP contribution < -0.4 is 4.74 Å². The molecule has 0 aromatic heterocycles. The molecule has 1 saturated heterocycles. The summed E-state index contributed by atoms with van der Waals surface area (Å²) in [7, 11) is 0. The fourth-order valence-corrected chi connectivity index (χ4v) is 3.40. The van der Waals surface area contributed by atoms with Crippen LogP contribution in [0.1, 0.15) is 43.9 Å². The van der Waals surface area contributed by atoms with E-state index in [1.807, 2.05) is 0 Å². The SMILES string of the molecule is CCc1ccc2c(c1)C(N1CCC(C)CC1)C(O)CO2. The zero-order valence-electron chi connectivity index (χ0n) is 12.5. The van der Waals surface area contributed by atoms with Gasteiger partial charge < -0.3 is 9.84 Å². The third kappa shape index (κ3) is 2.57. The lowest BCUT2D eigenvalue weighted by Gasteiger charge is -2.41. The highest BCUT2D eigenvalue weighted by Gasteiger charge is 2.35. The van der Waals surface area contributed by atoms with Crippen LogP contribution in [-0.2, 0) is 6.42 Å². The van der Waals surface area contributed by atoms with Crippen LogP contribution in [0.4, 0.5) is 0 Å². The molecule has 110 valence electrons. The predicted molar refractivity (Wildman–Crippen MR) is 80.0 cm³/mol. The lowest BCUT2D eigenvalue weighted by atomic mass is 9.91. The minimum Gasteiger partial charge on any atom is -0.490 e. The predicted octanol–water partition coefficient (Wildman–Crippen LogP) is 2.78. The molecular formula is C17H25NO2. The van der Waals surface area contributed by atoms with Gasteiger partial charge in [-0.1, -0.05) is 26.0 Å². The van der Waals surface area contributed by atoms with Gasteiger partial charge in [0.1, 0.15) is 18.5 Å². The number of nitrogens with zero attached hydrogens (tertiary/aromatic N) is 1. The molecule has 0 spiro atoms. The second kappa shape index (κ2) is 5.74. The van der Waals surface area contributed by atoms with Crippen LogP contribution in [0.15, 0.2) is 18.2 Å². The van der Waals surface area contributed by atoms with Gasteiger partial charge in [-0.2, -0.15) is 0 Å². The molecule has 20 heavy (non-hydrogen) atoms. The lowest BCUT2D eigenvalue weighted by Crippen LogP contribution is -2.45. The fourth-order valence-electron chi connectivity index (χ4n) is 3.40. The summed E-state index contributed by atoms with van der Waals surface area (Å²) in [6.07, 6.45) is 3.07. The molecule has 3 heteroatoms. The normalized spacial score (nSPS) is 27.9. The van der Waals surface area contributed by atoms with Crippen LogP contribution in [0.2, 0.25) is 0 Å². The van der Waals surface area contributed by atoms with Gasteiger partial charge in [0.05, 0.1) is 6.04 Å². The molecule has 0 saturated carbocycles. The largest absolute Gasteiger partial charge is 0.490 e. The Balaban J connectivity index is 1.90. The number of benzene rings is 1. The Hall–Kier alpha value is -1.06. The molecule has 2 aliphatic rings. The van der Waals surface area contributed by atoms with Gasteiger partial charge in [-0.15, -0.1) is 0 Å². The van der Waals surface area contributed by atoms with Crippen molar-refractivity contribution >= 4 is 0 Å². The maximum Gasteiger partial charge on any atom is 0.124 e. The molecule has 3 nitrogen and oxygen atoms in total. The molecule has 2 atom stereocenters. The first-order chi connectivity index (χ1) is 9.69. The van der Waals surface area contributed by atoms with E-state index in [4.69, 9.17) is 4.74 Å². The minimum atomic E-state index is -0.414. The van der Waals surface area contributed by atoms with Crippen LogP contribution >= 0.6 is 0 Å². The number of hydrogen-bond acceptors (Lipinski definition) is 3. The average molecular weight is 275 g/mol. The van der Waals surface area contributed by atoms with Crippen LogP contribution in [0, 0.1) is 5.92 Å².